The van der Waals surface area contributed by atoms with Gasteiger partial charge in [-0.3, -0.25) is 0 Å². The summed E-state index contributed by atoms with van der Waals surface area (Å²) in [6.45, 7) is 1.74. The summed E-state index contributed by atoms with van der Waals surface area (Å²) >= 11 is 0. The molecule has 0 spiro atoms. The molecule has 0 aliphatic carbocycles. The van der Waals surface area contributed by atoms with Gasteiger partial charge in [-0.15, -0.1) is 0 Å². The summed E-state index contributed by atoms with van der Waals surface area (Å²) in [5.74, 6) is -0.532. The smallest absolute Gasteiger partial charge is 0.344 e. The molecule has 0 aliphatic rings. The van der Waals surface area contributed by atoms with E-state index < -0.39 is 11.9 Å². The lowest BCUT2D eigenvalue weighted by molar-refractivity contribution is 0.0470. The molecule has 0 fully saturated rings. The van der Waals surface area contributed by atoms with Gasteiger partial charge in [0.25, 0.3) is 0 Å². The molecule has 3 aromatic rings. The highest BCUT2D eigenvalue weighted by Crippen LogP contribution is 2.26. The molecular weight excluding hydrogens is 334 g/mol. The van der Waals surface area contributed by atoms with Crippen LogP contribution in [0.3, 0.4) is 0 Å². The second kappa shape index (κ2) is 7.65. The van der Waals surface area contributed by atoms with Gasteiger partial charge in [0, 0.05) is 5.56 Å². The highest BCUT2D eigenvalue weighted by Gasteiger charge is 2.22. The van der Waals surface area contributed by atoms with Crippen molar-refractivity contribution < 1.29 is 23.6 Å². The van der Waals surface area contributed by atoms with E-state index in [1.54, 1.807) is 31.2 Å². The monoisotopic (exact) mass is 351 g/mol. The van der Waals surface area contributed by atoms with Crippen LogP contribution in [-0.4, -0.2) is 24.2 Å². The van der Waals surface area contributed by atoms with Crippen LogP contribution in [0, 0.1) is 6.92 Å². The Morgan fingerprint density at radius 1 is 1.00 bits per heavy atom. The van der Waals surface area contributed by atoms with Gasteiger partial charge >= 0.3 is 11.9 Å². The van der Waals surface area contributed by atoms with Crippen molar-refractivity contribution in [2.24, 2.45) is 0 Å². The molecule has 0 unspecified atom stereocenters. The minimum atomic E-state index is -0.514. The normalized spacial score (nSPS) is 10.4. The molecule has 0 saturated carbocycles. The second-order valence-electron chi connectivity index (χ2n) is 5.59. The van der Waals surface area contributed by atoms with Gasteiger partial charge in [0.05, 0.1) is 12.7 Å². The van der Waals surface area contributed by atoms with Gasteiger partial charge in [0.2, 0.25) is 0 Å². The quantitative estimate of drug-likeness (QED) is 0.651. The van der Waals surface area contributed by atoms with Crippen LogP contribution in [0.4, 0.5) is 0 Å². The molecule has 0 radical (unpaired) electrons. The lowest BCUT2D eigenvalue weighted by Crippen LogP contribution is -2.07. The van der Waals surface area contributed by atoms with Crippen LogP contribution in [0.25, 0.3) is 11.3 Å². The van der Waals surface area contributed by atoms with E-state index in [4.69, 9.17) is 9.26 Å². The van der Waals surface area contributed by atoms with Crippen molar-refractivity contribution in [2.45, 2.75) is 13.5 Å². The van der Waals surface area contributed by atoms with E-state index >= 15 is 0 Å². The van der Waals surface area contributed by atoms with Gasteiger partial charge in [0.15, 0.2) is 0 Å². The average Bonchev–Trinajstić information content (AvgIpc) is 3.08. The number of nitrogens with zero attached hydrogens (tertiary/aromatic N) is 1. The highest BCUT2D eigenvalue weighted by atomic mass is 16.5. The molecule has 6 nitrogen and oxygen atoms in total. The summed E-state index contributed by atoms with van der Waals surface area (Å²) in [5, 5.41) is 3.98. The van der Waals surface area contributed by atoms with Crippen molar-refractivity contribution in [1.29, 1.82) is 0 Å². The minimum absolute atomic E-state index is 0.0686. The Bertz CT molecular complexity index is 913. The van der Waals surface area contributed by atoms with Gasteiger partial charge in [0.1, 0.15) is 23.6 Å². The average molecular weight is 351 g/mol. The van der Waals surface area contributed by atoms with E-state index in [9.17, 15) is 9.59 Å². The number of ether oxygens (including phenoxy) is 2. The molecule has 2 aromatic carbocycles. The van der Waals surface area contributed by atoms with Crippen molar-refractivity contribution in [3.8, 4) is 11.3 Å². The van der Waals surface area contributed by atoms with E-state index in [1.807, 2.05) is 30.3 Å². The topological polar surface area (TPSA) is 78.6 Å². The van der Waals surface area contributed by atoms with Gasteiger partial charge in [-0.1, -0.05) is 47.6 Å². The van der Waals surface area contributed by atoms with E-state index in [0.717, 1.165) is 11.1 Å². The molecular formula is C20H17NO5. The Morgan fingerprint density at radius 3 is 2.35 bits per heavy atom. The molecule has 0 aliphatic heterocycles. The first-order valence-electron chi connectivity index (χ1n) is 7.96. The summed E-state index contributed by atoms with van der Waals surface area (Å²) in [5.41, 5.74) is 2.72. The van der Waals surface area contributed by atoms with Crippen molar-refractivity contribution in [3.63, 3.8) is 0 Å². The van der Waals surface area contributed by atoms with Gasteiger partial charge < -0.3 is 14.0 Å². The number of rotatable bonds is 5. The highest BCUT2D eigenvalue weighted by molar-refractivity contribution is 5.97. The summed E-state index contributed by atoms with van der Waals surface area (Å²) in [7, 11) is 1.32. The van der Waals surface area contributed by atoms with Crippen LogP contribution in [0.15, 0.2) is 59.1 Å². The molecule has 0 saturated heterocycles. The largest absolute Gasteiger partial charge is 0.465 e. The predicted molar refractivity (Wildman–Crippen MR) is 93.6 cm³/mol. The Labute approximate surface area is 150 Å². The number of benzene rings is 2. The summed E-state index contributed by atoms with van der Waals surface area (Å²) in [4.78, 5) is 24.0. The van der Waals surface area contributed by atoms with E-state index in [-0.39, 0.29) is 6.61 Å². The van der Waals surface area contributed by atoms with Crippen LogP contribution >= 0.6 is 0 Å². The second-order valence-corrected chi connectivity index (χ2v) is 5.59. The van der Waals surface area contributed by atoms with E-state index in [0.29, 0.717) is 22.6 Å². The zero-order valence-electron chi connectivity index (χ0n) is 14.4. The molecule has 3 rings (SSSR count). The molecule has 6 heteroatoms. The fourth-order valence-electron chi connectivity index (χ4n) is 2.48. The lowest BCUT2D eigenvalue weighted by atomic mass is 10.1. The Morgan fingerprint density at radius 2 is 1.69 bits per heavy atom. The first kappa shape index (κ1) is 17.4. The minimum Gasteiger partial charge on any atom is -0.465 e. The molecule has 1 heterocycles. The van der Waals surface area contributed by atoms with Crippen molar-refractivity contribution in [2.75, 3.05) is 7.11 Å². The van der Waals surface area contributed by atoms with E-state index in [2.05, 4.69) is 9.89 Å². The summed E-state index contributed by atoms with van der Waals surface area (Å²) in [6, 6.07) is 15.9. The lowest BCUT2D eigenvalue weighted by Gasteiger charge is -2.06. The predicted octanol–water partition coefficient (Wildman–Crippen LogP) is 3.79. The molecule has 0 atom stereocenters. The molecule has 0 bridgehead atoms. The third kappa shape index (κ3) is 3.64. The van der Waals surface area contributed by atoms with Crippen LogP contribution in [0.1, 0.15) is 32.0 Å². The molecule has 0 N–H and O–H groups in total. The maximum absolute atomic E-state index is 12.5. The van der Waals surface area contributed by atoms with Crippen molar-refractivity contribution in [3.05, 3.63) is 77.0 Å². The Hall–Kier alpha value is -3.41. The van der Waals surface area contributed by atoms with Crippen molar-refractivity contribution in [1.82, 2.24) is 5.16 Å². The van der Waals surface area contributed by atoms with Crippen LogP contribution < -0.4 is 0 Å². The fourth-order valence-corrected chi connectivity index (χ4v) is 2.48. The van der Waals surface area contributed by atoms with Crippen LogP contribution in [-0.2, 0) is 16.1 Å². The standard InChI is InChI=1S/C20H17NO5/c1-13-17(18(21-26-13)15-6-4-3-5-7-15)20(23)25-12-14-8-10-16(11-9-14)19(22)24-2/h3-11H,12H2,1-2H3. The zero-order chi connectivity index (χ0) is 18.5. The van der Waals surface area contributed by atoms with Crippen LogP contribution in [0.2, 0.25) is 0 Å². The summed E-state index contributed by atoms with van der Waals surface area (Å²) in [6.07, 6.45) is 0. The number of carbonyl (C=O) groups is 2. The number of aromatic nitrogens is 1. The number of methoxy groups -OCH3 is 1. The third-order valence-corrected chi connectivity index (χ3v) is 3.86. The maximum Gasteiger partial charge on any atom is 0.344 e. The molecule has 0 amide bonds. The Kier molecular flexibility index (Phi) is 5.12. The van der Waals surface area contributed by atoms with Gasteiger partial charge in [-0.25, -0.2) is 9.59 Å². The molecule has 1 aromatic heterocycles. The number of aryl methyl sites for hydroxylation is 1. The molecule has 26 heavy (non-hydrogen) atoms. The summed E-state index contributed by atoms with van der Waals surface area (Å²) < 4.78 is 15.2. The zero-order valence-corrected chi connectivity index (χ0v) is 14.4. The number of esters is 2. The first-order chi connectivity index (χ1) is 12.6. The maximum atomic E-state index is 12.5. The van der Waals surface area contributed by atoms with Gasteiger partial charge in [-0.2, -0.15) is 0 Å². The molecule has 132 valence electrons. The van der Waals surface area contributed by atoms with Crippen molar-refractivity contribution >= 4 is 11.9 Å². The van der Waals surface area contributed by atoms with Crippen LogP contribution in [0.5, 0.6) is 0 Å². The first-order valence-corrected chi connectivity index (χ1v) is 7.96. The fraction of sp³-hybridized carbons (Fsp3) is 0.150. The number of hydrogen-bond donors (Lipinski definition) is 0. The Balaban J connectivity index is 1.73. The van der Waals surface area contributed by atoms with Gasteiger partial charge in [-0.05, 0) is 24.6 Å². The third-order valence-electron chi connectivity index (χ3n) is 3.86. The number of hydrogen-bond acceptors (Lipinski definition) is 6. The SMILES string of the molecule is COC(=O)c1ccc(COC(=O)c2c(-c3ccccc3)noc2C)cc1. The van der Waals surface area contributed by atoms with E-state index in [1.165, 1.54) is 7.11 Å². The number of carbonyl (C=O) groups excluding carboxylic acids is 2.